The van der Waals surface area contributed by atoms with Crippen LogP contribution < -0.4 is 18.9 Å². The summed E-state index contributed by atoms with van der Waals surface area (Å²) in [5.74, 6) is 1.82. The van der Waals surface area contributed by atoms with Crippen molar-refractivity contribution in [3.8, 4) is 23.0 Å². The normalized spacial score (nSPS) is 10.7. The predicted octanol–water partition coefficient (Wildman–Crippen LogP) is 3.81. The topological polar surface area (TPSA) is 63.2 Å². The molecule has 0 bridgehead atoms. The molecule has 0 heterocycles. The standard InChI is InChI=1S/C20H20O6/c1-22-15-7-6-11-8-14(20(21)26-5)12-9-16(23-2)17(24-3)10-13(12)18(11)19(15)25-4/h6-10H,1-5H3. The molecular weight excluding hydrogens is 336 g/mol. The van der Waals surface area contributed by atoms with E-state index in [-0.39, 0.29) is 0 Å². The molecule has 0 saturated carbocycles. The predicted molar refractivity (Wildman–Crippen MR) is 99.0 cm³/mol. The molecule has 0 saturated heterocycles. The highest BCUT2D eigenvalue weighted by molar-refractivity contribution is 6.19. The molecule has 0 N–H and O–H groups in total. The van der Waals surface area contributed by atoms with E-state index in [2.05, 4.69) is 0 Å². The largest absolute Gasteiger partial charge is 0.493 e. The molecule has 26 heavy (non-hydrogen) atoms. The molecule has 0 fully saturated rings. The molecule has 0 aromatic heterocycles. The van der Waals surface area contributed by atoms with Crippen LogP contribution in [0.2, 0.25) is 0 Å². The second-order valence-corrected chi connectivity index (χ2v) is 5.57. The second kappa shape index (κ2) is 7.00. The fourth-order valence-electron chi connectivity index (χ4n) is 3.16. The van der Waals surface area contributed by atoms with Gasteiger partial charge in [-0.2, -0.15) is 0 Å². The maximum Gasteiger partial charge on any atom is 0.338 e. The first-order valence-electron chi connectivity index (χ1n) is 7.91. The van der Waals surface area contributed by atoms with E-state index in [1.807, 2.05) is 12.1 Å². The Hall–Kier alpha value is -3.15. The zero-order valence-electron chi connectivity index (χ0n) is 15.3. The Labute approximate surface area is 151 Å². The van der Waals surface area contributed by atoms with Crippen molar-refractivity contribution < 1.29 is 28.5 Å². The van der Waals surface area contributed by atoms with E-state index in [1.165, 1.54) is 7.11 Å². The van der Waals surface area contributed by atoms with Crippen LogP contribution in [0.15, 0.2) is 30.3 Å². The molecule has 0 spiro atoms. The van der Waals surface area contributed by atoms with Crippen LogP contribution in [0.4, 0.5) is 0 Å². The van der Waals surface area contributed by atoms with Gasteiger partial charge in [0.2, 0.25) is 0 Å². The third-order valence-corrected chi connectivity index (χ3v) is 4.37. The summed E-state index contributed by atoms with van der Waals surface area (Å²) in [6.45, 7) is 0. The molecule has 0 aliphatic rings. The van der Waals surface area contributed by atoms with Gasteiger partial charge in [-0.1, -0.05) is 6.07 Å². The van der Waals surface area contributed by atoms with Crippen LogP contribution in [-0.4, -0.2) is 41.5 Å². The van der Waals surface area contributed by atoms with Gasteiger partial charge in [-0.25, -0.2) is 4.79 Å². The Morgan fingerprint density at radius 1 is 0.731 bits per heavy atom. The van der Waals surface area contributed by atoms with Gasteiger partial charge in [0.25, 0.3) is 0 Å². The summed E-state index contributed by atoms with van der Waals surface area (Å²) in [6, 6.07) is 9.04. The van der Waals surface area contributed by atoms with E-state index in [1.54, 1.807) is 46.6 Å². The summed E-state index contributed by atoms with van der Waals surface area (Å²) in [7, 11) is 7.63. The molecule has 0 amide bonds. The Kier molecular flexibility index (Phi) is 4.75. The van der Waals surface area contributed by atoms with E-state index in [4.69, 9.17) is 23.7 Å². The maximum atomic E-state index is 12.4. The van der Waals surface area contributed by atoms with Gasteiger partial charge in [0, 0.05) is 10.8 Å². The van der Waals surface area contributed by atoms with Crippen molar-refractivity contribution in [1.29, 1.82) is 0 Å². The summed E-state index contributed by atoms with van der Waals surface area (Å²) >= 11 is 0. The highest BCUT2D eigenvalue weighted by Crippen LogP contribution is 2.44. The fraction of sp³-hybridized carbons (Fsp3) is 0.250. The van der Waals surface area contributed by atoms with Crippen LogP contribution in [0.3, 0.4) is 0 Å². The number of esters is 1. The molecule has 6 nitrogen and oxygen atoms in total. The Balaban J connectivity index is 2.56. The minimum atomic E-state index is -0.432. The average molecular weight is 356 g/mol. The number of ether oxygens (including phenoxy) is 5. The molecule has 6 heteroatoms. The third kappa shape index (κ3) is 2.63. The number of hydrogen-bond acceptors (Lipinski definition) is 6. The van der Waals surface area contributed by atoms with E-state index >= 15 is 0 Å². The van der Waals surface area contributed by atoms with Gasteiger partial charge in [0.1, 0.15) is 0 Å². The Morgan fingerprint density at radius 3 is 1.88 bits per heavy atom. The SMILES string of the molecule is COC(=O)c1cc2ccc(OC)c(OC)c2c2cc(OC)c(OC)cc12. The highest BCUT2D eigenvalue weighted by Gasteiger charge is 2.20. The van der Waals surface area contributed by atoms with Gasteiger partial charge >= 0.3 is 5.97 Å². The average Bonchev–Trinajstić information content (AvgIpc) is 2.70. The first-order valence-corrected chi connectivity index (χ1v) is 7.91. The zero-order valence-corrected chi connectivity index (χ0v) is 15.3. The van der Waals surface area contributed by atoms with E-state index in [9.17, 15) is 4.79 Å². The molecule has 3 rings (SSSR count). The first-order chi connectivity index (χ1) is 12.6. The Morgan fingerprint density at radius 2 is 1.35 bits per heavy atom. The lowest BCUT2D eigenvalue weighted by atomic mass is 9.95. The lowest BCUT2D eigenvalue weighted by Crippen LogP contribution is -2.04. The van der Waals surface area contributed by atoms with Crippen molar-refractivity contribution in [1.82, 2.24) is 0 Å². The molecule has 0 aliphatic carbocycles. The number of carbonyl (C=O) groups excluding carboxylic acids is 1. The Bertz CT molecular complexity index is 993. The molecule has 0 unspecified atom stereocenters. The number of carbonyl (C=O) groups is 1. The lowest BCUT2D eigenvalue weighted by Gasteiger charge is -2.17. The summed E-state index contributed by atoms with van der Waals surface area (Å²) in [5, 5.41) is 3.09. The van der Waals surface area contributed by atoms with E-state index < -0.39 is 5.97 Å². The first kappa shape index (κ1) is 17.7. The lowest BCUT2D eigenvalue weighted by molar-refractivity contribution is 0.0603. The van der Waals surface area contributed by atoms with Crippen molar-refractivity contribution in [2.24, 2.45) is 0 Å². The second-order valence-electron chi connectivity index (χ2n) is 5.57. The van der Waals surface area contributed by atoms with Crippen molar-refractivity contribution in [3.05, 3.63) is 35.9 Å². The summed E-state index contributed by atoms with van der Waals surface area (Å²) in [5.41, 5.74) is 0.433. The van der Waals surface area contributed by atoms with Gasteiger partial charge in [-0.3, -0.25) is 0 Å². The van der Waals surface area contributed by atoms with Crippen molar-refractivity contribution in [2.45, 2.75) is 0 Å². The molecule has 0 atom stereocenters. The number of rotatable bonds is 5. The number of methoxy groups -OCH3 is 5. The summed E-state index contributed by atoms with van der Waals surface area (Å²) in [4.78, 5) is 12.4. The molecule has 0 aliphatic heterocycles. The minimum Gasteiger partial charge on any atom is -0.493 e. The summed E-state index contributed by atoms with van der Waals surface area (Å²) < 4.78 is 26.8. The third-order valence-electron chi connectivity index (χ3n) is 4.37. The molecule has 136 valence electrons. The number of fused-ring (bicyclic) bond motifs is 3. The van der Waals surface area contributed by atoms with Crippen molar-refractivity contribution >= 4 is 27.5 Å². The van der Waals surface area contributed by atoms with Crippen molar-refractivity contribution in [3.63, 3.8) is 0 Å². The van der Waals surface area contributed by atoms with Gasteiger partial charge in [-0.05, 0) is 35.0 Å². The molecule has 3 aromatic rings. The smallest absolute Gasteiger partial charge is 0.338 e. The molecule has 3 aromatic carbocycles. The van der Waals surface area contributed by atoms with Gasteiger partial charge in [-0.15, -0.1) is 0 Å². The van der Waals surface area contributed by atoms with Crippen LogP contribution in [0.25, 0.3) is 21.5 Å². The van der Waals surface area contributed by atoms with Gasteiger partial charge in [0.15, 0.2) is 23.0 Å². The minimum absolute atomic E-state index is 0.432. The van der Waals surface area contributed by atoms with Gasteiger partial charge < -0.3 is 23.7 Å². The molecular formula is C20H20O6. The van der Waals surface area contributed by atoms with Crippen LogP contribution in [-0.2, 0) is 4.74 Å². The monoisotopic (exact) mass is 356 g/mol. The van der Waals surface area contributed by atoms with Crippen LogP contribution in [0.5, 0.6) is 23.0 Å². The van der Waals surface area contributed by atoms with E-state index in [0.29, 0.717) is 33.9 Å². The zero-order chi connectivity index (χ0) is 18.8. The van der Waals surface area contributed by atoms with Crippen LogP contribution in [0, 0.1) is 0 Å². The quantitative estimate of drug-likeness (QED) is 0.512. The summed E-state index contributed by atoms with van der Waals surface area (Å²) in [6.07, 6.45) is 0. The molecule has 0 radical (unpaired) electrons. The number of benzene rings is 3. The fourth-order valence-corrected chi connectivity index (χ4v) is 3.16. The maximum absolute atomic E-state index is 12.4. The van der Waals surface area contributed by atoms with E-state index in [0.717, 1.165) is 16.2 Å². The number of hydrogen-bond donors (Lipinski definition) is 0. The van der Waals surface area contributed by atoms with Crippen LogP contribution in [0.1, 0.15) is 10.4 Å². The van der Waals surface area contributed by atoms with Gasteiger partial charge in [0.05, 0.1) is 41.1 Å². The van der Waals surface area contributed by atoms with Crippen LogP contribution >= 0.6 is 0 Å². The van der Waals surface area contributed by atoms with Crippen molar-refractivity contribution in [2.75, 3.05) is 35.5 Å². The highest BCUT2D eigenvalue weighted by atomic mass is 16.5.